The molecule has 0 aliphatic heterocycles. The average molecular weight is 304 g/mol. The summed E-state index contributed by atoms with van der Waals surface area (Å²) in [7, 11) is 3.55. The SMILES string of the molecule is CN(Cc1cnn(C)c1)C(=O)c1cc(Cl)sc1Cl. The van der Waals surface area contributed by atoms with Crippen molar-refractivity contribution < 1.29 is 4.79 Å². The molecule has 18 heavy (non-hydrogen) atoms. The number of carbonyl (C=O) groups excluding carboxylic acids is 1. The third-order valence-electron chi connectivity index (χ3n) is 2.41. The van der Waals surface area contributed by atoms with Crippen LogP contribution in [0.1, 0.15) is 15.9 Å². The normalized spacial score (nSPS) is 10.7. The third kappa shape index (κ3) is 2.85. The van der Waals surface area contributed by atoms with Gasteiger partial charge < -0.3 is 4.90 Å². The Balaban J connectivity index is 2.11. The number of aryl methyl sites for hydroxylation is 1. The molecule has 0 saturated carbocycles. The lowest BCUT2D eigenvalue weighted by Gasteiger charge is -2.15. The molecule has 0 saturated heterocycles. The highest BCUT2D eigenvalue weighted by Crippen LogP contribution is 2.31. The van der Waals surface area contributed by atoms with Crippen LogP contribution in [0.4, 0.5) is 0 Å². The Hall–Kier alpha value is -1.04. The van der Waals surface area contributed by atoms with Crippen molar-refractivity contribution in [2.75, 3.05) is 7.05 Å². The third-order valence-corrected chi connectivity index (χ3v) is 3.90. The highest BCUT2D eigenvalue weighted by atomic mass is 35.5. The molecule has 0 N–H and O–H groups in total. The maximum atomic E-state index is 12.2. The van der Waals surface area contributed by atoms with E-state index >= 15 is 0 Å². The predicted molar refractivity (Wildman–Crippen MR) is 73.3 cm³/mol. The standard InChI is InChI=1S/C11H11Cl2N3OS/c1-15(5-7-4-14-16(2)6-7)11(17)8-3-9(12)18-10(8)13/h3-4,6H,5H2,1-2H3. The fourth-order valence-electron chi connectivity index (χ4n) is 1.59. The predicted octanol–water partition coefficient (Wildman–Crippen LogP) is 3.06. The molecule has 0 aliphatic rings. The molecule has 0 atom stereocenters. The van der Waals surface area contributed by atoms with Crippen LogP contribution < -0.4 is 0 Å². The van der Waals surface area contributed by atoms with Crippen LogP contribution in [0.5, 0.6) is 0 Å². The summed E-state index contributed by atoms with van der Waals surface area (Å²) in [5, 5.41) is 4.06. The molecule has 7 heteroatoms. The van der Waals surface area contributed by atoms with Crippen LogP contribution in [0.25, 0.3) is 0 Å². The molecule has 0 spiro atoms. The summed E-state index contributed by atoms with van der Waals surface area (Å²) in [6, 6.07) is 1.59. The number of nitrogens with zero attached hydrogens (tertiary/aromatic N) is 3. The molecule has 96 valence electrons. The quantitative estimate of drug-likeness (QED) is 0.874. The van der Waals surface area contributed by atoms with Crippen molar-refractivity contribution in [3.63, 3.8) is 0 Å². The monoisotopic (exact) mass is 303 g/mol. The van der Waals surface area contributed by atoms with Gasteiger partial charge in [-0.2, -0.15) is 5.10 Å². The number of halogens is 2. The zero-order chi connectivity index (χ0) is 13.3. The van der Waals surface area contributed by atoms with Crippen LogP contribution in [-0.2, 0) is 13.6 Å². The van der Waals surface area contributed by atoms with Crippen LogP contribution in [0, 0.1) is 0 Å². The van der Waals surface area contributed by atoms with Crippen molar-refractivity contribution in [3.8, 4) is 0 Å². The van der Waals surface area contributed by atoms with Gasteiger partial charge in [-0.1, -0.05) is 23.2 Å². The van der Waals surface area contributed by atoms with Gasteiger partial charge in [-0.05, 0) is 6.07 Å². The van der Waals surface area contributed by atoms with Crippen molar-refractivity contribution in [1.82, 2.24) is 14.7 Å². The Labute approximate surface area is 119 Å². The lowest BCUT2D eigenvalue weighted by molar-refractivity contribution is 0.0786. The van der Waals surface area contributed by atoms with Crippen LogP contribution in [0.3, 0.4) is 0 Å². The molecule has 1 amide bonds. The molecule has 0 radical (unpaired) electrons. The number of aromatic nitrogens is 2. The van der Waals surface area contributed by atoms with Gasteiger partial charge in [0, 0.05) is 32.4 Å². The van der Waals surface area contributed by atoms with Gasteiger partial charge in [-0.3, -0.25) is 9.48 Å². The van der Waals surface area contributed by atoms with Crippen molar-refractivity contribution in [3.05, 3.63) is 38.3 Å². The molecule has 0 unspecified atom stereocenters. The van der Waals surface area contributed by atoms with Gasteiger partial charge >= 0.3 is 0 Å². The molecule has 2 aromatic heterocycles. The minimum absolute atomic E-state index is 0.146. The van der Waals surface area contributed by atoms with Crippen LogP contribution in [-0.4, -0.2) is 27.6 Å². The largest absolute Gasteiger partial charge is 0.337 e. The number of amides is 1. The van der Waals surface area contributed by atoms with Gasteiger partial charge in [0.15, 0.2) is 0 Å². The maximum Gasteiger partial charge on any atom is 0.256 e. The van der Waals surface area contributed by atoms with E-state index in [0.29, 0.717) is 20.8 Å². The van der Waals surface area contributed by atoms with E-state index in [1.807, 2.05) is 13.2 Å². The Bertz CT molecular complexity index is 579. The highest BCUT2D eigenvalue weighted by Gasteiger charge is 2.18. The van der Waals surface area contributed by atoms with E-state index in [9.17, 15) is 4.79 Å². The van der Waals surface area contributed by atoms with Crippen LogP contribution in [0.15, 0.2) is 18.5 Å². The molecule has 0 bridgehead atoms. The Kier molecular flexibility index (Phi) is 3.94. The molecule has 0 aromatic carbocycles. The minimum Gasteiger partial charge on any atom is -0.337 e. The summed E-state index contributed by atoms with van der Waals surface area (Å²) in [6.07, 6.45) is 3.60. The topological polar surface area (TPSA) is 38.1 Å². The molecule has 2 heterocycles. The van der Waals surface area contributed by atoms with Crippen LogP contribution in [0.2, 0.25) is 8.67 Å². The van der Waals surface area contributed by atoms with Gasteiger partial charge in [-0.15, -0.1) is 11.3 Å². The second-order valence-electron chi connectivity index (χ2n) is 3.92. The van der Waals surface area contributed by atoms with Crippen LogP contribution >= 0.6 is 34.5 Å². The lowest BCUT2D eigenvalue weighted by atomic mass is 10.2. The molecule has 2 aromatic rings. The smallest absolute Gasteiger partial charge is 0.256 e. The number of hydrogen-bond donors (Lipinski definition) is 0. The molecular weight excluding hydrogens is 293 g/mol. The first-order valence-corrected chi connectivity index (χ1v) is 6.72. The summed E-state index contributed by atoms with van der Waals surface area (Å²) in [6.45, 7) is 0.483. The number of thiophene rings is 1. The molecular formula is C11H11Cl2N3OS. The summed E-state index contributed by atoms with van der Waals surface area (Å²) in [5.74, 6) is -0.146. The summed E-state index contributed by atoms with van der Waals surface area (Å²) < 4.78 is 2.63. The fourth-order valence-corrected chi connectivity index (χ4v) is 3.04. The van der Waals surface area contributed by atoms with Gasteiger partial charge in [0.1, 0.15) is 4.34 Å². The van der Waals surface area contributed by atoms with Crippen molar-refractivity contribution in [2.45, 2.75) is 6.54 Å². The number of hydrogen-bond acceptors (Lipinski definition) is 3. The molecule has 2 rings (SSSR count). The summed E-state index contributed by atoms with van der Waals surface area (Å²) >= 11 is 13.0. The van der Waals surface area contributed by atoms with E-state index in [2.05, 4.69) is 5.10 Å². The van der Waals surface area contributed by atoms with Crippen molar-refractivity contribution >= 4 is 40.4 Å². The van der Waals surface area contributed by atoms with Crippen molar-refractivity contribution in [1.29, 1.82) is 0 Å². The van der Waals surface area contributed by atoms with E-state index in [0.717, 1.165) is 5.56 Å². The van der Waals surface area contributed by atoms with E-state index in [1.165, 1.54) is 11.3 Å². The lowest BCUT2D eigenvalue weighted by Crippen LogP contribution is -2.25. The second kappa shape index (κ2) is 5.30. The second-order valence-corrected chi connectivity index (χ2v) is 6.21. The summed E-state index contributed by atoms with van der Waals surface area (Å²) in [4.78, 5) is 13.7. The Morgan fingerprint density at radius 1 is 1.56 bits per heavy atom. The van der Waals surface area contributed by atoms with Gasteiger partial charge in [0.05, 0.1) is 16.1 Å². The van der Waals surface area contributed by atoms with Gasteiger partial charge in [0.25, 0.3) is 5.91 Å². The van der Waals surface area contributed by atoms with Crippen molar-refractivity contribution in [2.24, 2.45) is 7.05 Å². The first kappa shape index (κ1) is 13.4. The zero-order valence-electron chi connectivity index (χ0n) is 9.85. The molecule has 0 aliphatic carbocycles. The highest BCUT2D eigenvalue weighted by molar-refractivity contribution is 7.20. The Morgan fingerprint density at radius 3 is 2.78 bits per heavy atom. The summed E-state index contributed by atoms with van der Waals surface area (Å²) in [5.41, 5.74) is 1.41. The first-order valence-electron chi connectivity index (χ1n) is 5.15. The molecule has 0 fully saturated rings. The van der Waals surface area contributed by atoms with E-state index < -0.39 is 0 Å². The first-order chi connectivity index (χ1) is 8.47. The number of carbonyl (C=O) groups is 1. The Morgan fingerprint density at radius 2 is 2.28 bits per heavy atom. The molecule has 4 nitrogen and oxygen atoms in total. The van der Waals surface area contributed by atoms with Gasteiger partial charge in [-0.25, -0.2) is 0 Å². The van der Waals surface area contributed by atoms with E-state index in [4.69, 9.17) is 23.2 Å². The van der Waals surface area contributed by atoms with Gasteiger partial charge in [0.2, 0.25) is 0 Å². The minimum atomic E-state index is -0.146. The fraction of sp³-hybridized carbons (Fsp3) is 0.273. The van der Waals surface area contributed by atoms with E-state index in [-0.39, 0.29) is 5.91 Å². The maximum absolute atomic E-state index is 12.2. The van der Waals surface area contributed by atoms with E-state index in [1.54, 1.807) is 28.9 Å². The number of rotatable bonds is 3. The zero-order valence-corrected chi connectivity index (χ0v) is 12.2. The average Bonchev–Trinajstić information content (AvgIpc) is 2.84.